The van der Waals surface area contributed by atoms with Crippen LogP contribution in [0.3, 0.4) is 0 Å². The number of aromatic amines is 1. The van der Waals surface area contributed by atoms with E-state index < -0.39 is 24.0 Å². The molecule has 20 heavy (non-hydrogen) atoms. The van der Waals surface area contributed by atoms with E-state index in [-0.39, 0.29) is 5.89 Å². The first-order chi connectivity index (χ1) is 9.36. The average Bonchev–Trinajstić information content (AvgIpc) is 2.91. The summed E-state index contributed by atoms with van der Waals surface area (Å²) in [5.74, 6) is 0.162. The van der Waals surface area contributed by atoms with Crippen molar-refractivity contribution in [1.82, 2.24) is 20.1 Å². The van der Waals surface area contributed by atoms with Gasteiger partial charge in [0.25, 0.3) is 5.89 Å². The van der Waals surface area contributed by atoms with Gasteiger partial charge in [0.2, 0.25) is 0 Å². The van der Waals surface area contributed by atoms with Crippen LogP contribution >= 0.6 is 0 Å². The van der Waals surface area contributed by atoms with Crippen LogP contribution in [0.25, 0.3) is 11.6 Å². The molecule has 2 aromatic rings. The summed E-state index contributed by atoms with van der Waals surface area (Å²) in [6.07, 6.45) is -1.48. The Morgan fingerprint density at radius 3 is 2.75 bits per heavy atom. The molecule has 2 aromatic heterocycles. The molecule has 1 fully saturated rings. The Labute approximate surface area is 111 Å². The third-order valence-corrected chi connectivity index (χ3v) is 3.35. The minimum Gasteiger partial charge on any atom is -0.336 e. The van der Waals surface area contributed by atoms with Gasteiger partial charge in [-0.15, -0.1) is 0 Å². The van der Waals surface area contributed by atoms with Gasteiger partial charge in [0.15, 0.2) is 5.82 Å². The Morgan fingerprint density at radius 1 is 1.40 bits per heavy atom. The Morgan fingerprint density at radius 2 is 2.15 bits per heavy atom. The van der Waals surface area contributed by atoms with Gasteiger partial charge in [0.05, 0.1) is 11.7 Å². The van der Waals surface area contributed by atoms with Gasteiger partial charge >= 0.3 is 6.18 Å². The second-order valence-corrected chi connectivity index (χ2v) is 4.96. The van der Waals surface area contributed by atoms with Gasteiger partial charge in [0.1, 0.15) is 17.9 Å². The summed E-state index contributed by atoms with van der Waals surface area (Å²) in [4.78, 5) is 10.8. The molecule has 0 aliphatic heterocycles. The number of nitrogens with zero attached hydrogens (tertiary/aromatic N) is 3. The highest BCUT2D eigenvalue weighted by Gasteiger charge is 2.37. The second-order valence-electron chi connectivity index (χ2n) is 4.96. The van der Waals surface area contributed by atoms with Crippen molar-refractivity contribution in [3.05, 3.63) is 17.8 Å². The molecule has 1 aliphatic carbocycles. The van der Waals surface area contributed by atoms with E-state index in [9.17, 15) is 13.2 Å². The Hall–Kier alpha value is -1.90. The van der Waals surface area contributed by atoms with Crippen molar-refractivity contribution in [2.45, 2.75) is 37.4 Å². The number of rotatable bonds is 3. The summed E-state index contributed by atoms with van der Waals surface area (Å²) < 4.78 is 41.4. The number of halogens is 3. The van der Waals surface area contributed by atoms with Crippen molar-refractivity contribution >= 4 is 0 Å². The Bertz CT molecular complexity index is 614. The third-order valence-electron chi connectivity index (χ3n) is 3.35. The molecule has 6 nitrogen and oxygen atoms in total. The van der Waals surface area contributed by atoms with Crippen molar-refractivity contribution in [1.29, 1.82) is 0 Å². The molecule has 1 aliphatic rings. The van der Waals surface area contributed by atoms with Gasteiger partial charge < -0.3 is 15.2 Å². The predicted octanol–water partition coefficient (Wildman–Crippen LogP) is 1.90. The highest BCUT2D eigenvalue weighted by Crippen LogP contribution is 2.37. The maximum absolute atomic E-state index is 12.2. The summed E-state index contributed by atoms with van der Waals surface area (Å²) in [5.41, 5.74) is 5.99. The largest absolute Gasteiger partial charge is 0.396 e. The maximum atomic E-state index is 12.2. The summed E-state index contributed by atoms with van der Waals surface area (Å²) >= 11 is 0. The fourth-order valence-corrected chi connectivity index (χ4v) is 2.09. The van der Waals surface area contributed by atoms with Gasteiger partial charge in [-0.2, -0.15) is 18.2 Å². The fourth-order valence-electron chi connectivity index (χ4n) is 2.09. The second kappa shape index (κ2) is 4.30. The number of aromatic nitrogens is 4. The molecule has 0 saturated heterocycles. The van der Waals surface area contributed by atoms with E-state index >= 15 is 0 Å². The smallest absolute Gasteiger partial charge is 0.336 e. The van der Waals surface area contributed by atoms with Gasteiger partial charge in [-0.1, -0.05) is 5.16 Å². The zero-order valence-corrected chi connectivity index (χ0v) is 10.4. The number of hydrogen-bond acceptors (Lipinski definition) is 5. The van der Waals surface area contributed by atoms with Crippen LogP contribution in [0.2, 0.25) is 0 Å². The molecule has 2 heterocycles. The Balaban J connectivity index is 1.80. The number of imidazole rings is 1. The molecule has 0 aromatic carbocycles. The van der Waals surface area contributed by atoms with Crippen molar-refractivity contribution in [3.8, 4) is 11.6 Å². The van der Waals surface area contributed by atoms with Gasteiger partial charge in [-0.05, 0) is 19.3 Å². The summed E-state index contributed by atoms with van der Waals surface area (Å²) in [6, 6.07) is 0. The monoisotopic (exact) mass is 287 g/mol. The summed E-state index contributed by atoms with van der Waals surface area (Å²) in [6.45, 7) is 0. The molecular formula is C11H12F3N5O. The topological polar surface area (TPSA) is 93.6 Å². The van der Waals surface area contributed by atoms with E-state index in [1.807, 2.05) is 0 Å². The molecule has 0 unspecified atom stereocenters. The molecular weight excluding hydrogens is 275 g/mol. The quantitative estimate of drug-likeness (QED) is 0.899. The molecule has 3 N–H and O–H groups in total. The lowest BCUT2D eigenvalue weighted by Gasteiger charge is -2.35. The van der Waals surface area contributed by atoms with Gasteiger partial charge in [-0.25, -0.2) is 4.98 Å². The number of hydrogen-bond donors (Lipinski definition) is 2. The zero-order valence-electron chi connectivity index (χ0n) is 10.4. The fraction of sp³-hybridized carbons (Fsp3) is 0.545. The SMILES string of the molecule is NC1(c2ncc(-c3nc(CC(F)(F)F)no3)[nH]2)CCC1. The summed E-state index contributed by atoms with van der Waals surface area (Å²) in [7, 11) is 0. The molecule has 0 radical (unpaired) electrons. The molecule has 9 heteroatoms. The van der Waals surface area contributed by atoms with Crippen molar-refractivity contribution in [2.24, 2.45) is 5.73 Å². The van der Waals surface area contributed by atoms with E-state index in [2.05, 4.69) is 20.1 Å². The van der Waals surface area contributed by atoms with E-state index in [0.29, 0.717) is 11.5 Å². The molecule has 0 amide bonds. The van der Waals surface area contributed by atoms with Crippen LogP contribution in [0, 0.1) is 0 Å². The molecule has 1 saturated carbocycles. The molecule has 0 bridgehead atoms. The van der Waals surface area contributed by atoms with Crippen LogP contribution in [-0.2, 0) is 12.0 Å². The number of nitrogens with two attached hydrogens (primary N) is 1. The summed E-state index contributed by atoms with van der Waals surface area (Å²) in [5, 5.41) is 3.30. The Kier molecular flexibility index (Phi) is 2.82. The number of nitrogens with one attached hydrogen (secondary N) is 1. The van der Waals surface area contributed by atoms with Crippen LogP contribution in [0.15, 0.2) is 10.7 Å². The number of alkyl halides is 3. The highest BCUT2D eigenvalue weighted by atomic mass is 19.4. The lowest BCUT2D eigenvalue weighted by atomic mass is 9.77. The predicted molar refractivity (Wildman–Crippen MR) is 61.4 cm³/mol. The van der Waals surface area contributed by atoms with E-state index in [1.54, 1.807) is 0 Å². The molecule has 0 atom stereocenters. The first-order valence-corrected chi connectivity index (χ1v) is 6.10. The first kappa shape index (κ1) is 13.1. The van der Waals surface area contributed by atoms with Gasteiger partial charge in [-0.3, -0.25) is 0 Å². The van der Waals surface area contributed by atoms with Crippen LogP contribution in [0.1, 0.15) is 30.9 Å². The minimum atomic E-state index is -4.37. The zero-order chi connectivity index (χ0) is 14.4. The lowest BCUT2D eigenvalue weighted by molar-refractivity contribution is -0.128. The van der Waals surface area contributed by atoms with Crippen LogP contribution in [0.4, 0.5) is 13.2 Å². The molecule has 0 spiro atoms. The molecule has 108 valence electrons. The van der Waals surface area contributed by atoms with Crippen LogP contribution in [-0.4, -0.2) is 26.3 Å². The van der Waals surface area contributed by atoms with Crippen molar-refractivity contribution in [3.63, 3.8) is 0 Å². The normalized spacial score (nSPS) is 18.0. The average molecular weight is 287 g/mol. The van der Waals surface area contributed by atoms with E-state index in [4.69, 9.17) is 10.3 Å². The maximum Gasteiger partial charge on any atom is 0.396 e. The van der Waals surface area contributed by atoms with Crippen LogP contribution in [0.5, 0.6) is 0 Å². The molecule has 3 rings (SSSR count). The third kappa shape index (κ3) is 2.40. The minimum absolute atomic E-state index is 0.0223. The van der Waals surface area contributed by atoms with E-state index in [0.717, 1.165) is 19.3 Å². The standard InChI is InChI=1S/C11H12F3N5O/c12-11(13,14)4-7-18-8(20-19-7)6-5-16-9(17-6)10(15)2-1-3-10/h5H,1-4,15H2,(H,16,17). The van der Waals surface area contributed by atoms with Gasteiger partial charge in [0, 0.05) is 0 Å². The van der Waals surface area contributed by atoms with E-state index in [1.165, 1.54) is 6.20 Å². The van der Waals surface area contributed by atoms with Crippen LogP contribution < -0.4 is 5.73 Å². The van der Waals surface area contributed by atoms with Crippen molar-refractivity contribution in [2.75, 3.05) is 0 Å². The first-order valence-electron chi connectivity index (χ1n) is 6.10. The highest BCUT2D eigenvalue weighted by molar-refractivity contribution is 5.45. The number of H-pyrrole nitrogens is 1. The van der Waals surface area contributed by atoms with Crippen molar-refractivity contribution < 1.29 is 17.7 Å². The lowest BCUT2D eigenvalue weighted by Crippen LogP contribution is -2.44.